The molecular formula is C19H22N2O3. The van der Waals surface area contributed by atoms with Crippen LogP contribution in [0.25, 0.3) is 0 Å². The summed E-state index contributed by atoms with van der Waals surface area (Å²) in [7, 11) is 0. The van der Waals surface area contributed by atoms with E-state index in [0.29, 0.717) is 11.7 Å². The van der Waals surface area contributed by atoms with Crippen LogP contribution in [-0.2, 0) is 16.0 Å². The topological polar surface area (TPSA) is 67.4 Å². The van der Waals surface area contributed by atoms with E-state index in [9.17, 15) is 9.59 Å². The Morgan fingerprint density at radius 3 is 2.25 bits per heavy atom. The molecule has 126 valence electrons. The minimum atomic E-state index is -0.407. The minimum absolute atomic E-state index is 0.157. The van der Waals surface area contributed by atoms with Gasteiger partial charge in [0.15, 0.2) is 6.61 Å². The fourth-order valence-electron chi connectivity index (χ4n) is 2.23. The zero-order valence-corrected chi connectivity index (χ0v) is 13.9. The van der Waals surface area contributed by atoms with Gasteiger partial charge in [0.2, 0.25) is 5.91 Å². The Morgan fingerprint density at radius 2 is 1.54 bits per heavy atom. The average molecular weight is 326 g/mol. The Kier molecular flexibility index (Phi) is 6.37. The van der Waals surface area contributed by atoms with Crippen molar-refractivity contribution in [3.63, 3.8) is 0 Å². The molecule has 0 saturated heterocycles. The second kappa shape index (κ2) is 8.72. The Morgan fingerprint density at radius 1 is 0.917 bits per heavy atom. The summed E-state index contributed by atoms with van der Waals surface area (Å²) < 4.78 is 5.55. The van der Waals surface area contributed by atoms with Gasteiger partial charge in [0.1, 0.15) is 5.75 Å². The molecule has 0 fully saturated rings. The van der Waals surface area contributed by atoms with E-state index in [2.05, 4.69) is 24.7 Å². The summed E-state index contributed by atoms with van der Waals surface area (Å²) in [6.07, 6.45) is 0.207. The zero-order chi connectivity index (χ0) is 17.4. The molecule has 0 aliphatic carbocycles. The number of rotatable bonds is 6. The summed E-state index contributed by atoms with van der Waals surface area (Å²) in [5.74, 6) is 0.292. The summed E-state index contributed by atoms with van der Waals surface area (Å²) in [6.45, 7) is 3.97. The number of hydrazine groups is 1. The molecule has 0 spiro atoms. The van der Waals surface area contributed by atoms with Crippen molar-refractivity contribution in [2.75, 3.05) is 6.61 Å². The molecule has 24 heavy (non-hydrogen) atoms. The maximum Gasteiger partial charge on any atom is 0.276 e. The summed E-state index contributed by atoms with van der Waals surface area (Å²) in [5, 5.41) is 0. The smallest absolute Gasteiger partial charge is 0.276 e. The summed E-state index contributed by atoms with van der Waals surface area (Å²) >= 11 is 0. The van der Waals surface area contributed by atoms with E-state index < -0.39 is 5.91 Å². The van der Waals surface area contributed by atoms with E-state index in [1.54, 1.807) is 0 Å². The normalized spacial score (nSPS) is 10.3. The van der Waals surface area contributed by atoms with Gasteiger partial charge in [-0.3, -0.25) is 20.4 Å². The van der Waals surface area contributed by atoms with Crippen LogP contribution >= 0.6 is 0 Å². The predicted molar refractivity (Wildman–Crippen MR) is 92.5 cm³/mol. The van der Waals surface area contributed by atoms with Gasteiger partial charge in [-0.25, -0.2) is 0 Å². The Labute approximate surface area is 142 Å². The molecule has 0 radical (unpaired) electrons. The van der Waals surface area contributed by atoms with Gasteiger partial charge in [-0.2, -0.15) is 0 Å². The van der Waals surface area contributed by atoms with Crippen LogP contribution < -0.4 is 15.6 Å². The monoisotopic (exact) mass is 326 g/mol. The van der Waals surface area contributed by atoms with Crippen LogP contribution in [0.2, 0.25) is 0 Å². The molecule has 2 N–H and O–H groups in total. The molecule has 2 amide bonds. The van der Waals surface area contributed by atoms with Crippen LogP contribution in [0.5, 0.6) is 5.75 Å². The molecule has 2 aromatic rings. The predicted octanol–water partition coefficient (Wildman–Crippen LogP) is 2.58. The molecule has 0 aliphatic heterocycles. The number of hydrogen-bond acceptors (Lipinski definition) is 3. The van der Waals surface area contributed by atoms with Crippen molar-refractivity contribution in [3.8, 4) is 5.75 Å². The third-order valence-electron chi connectivity index (χ3n) is 3.45. The van der Waals surface area contributed by atoms with Crippen molar-refractivity contribution in [3.05, 3.63) is 65.7 Å². The highest BCUT2D eigenvalue weighted by atomic mass is 16.5. The molecule has 0 atom stereocenters. The molecule has 0 heterocycles. The van der Waals surface area contributed by atoms with Crippen LogP contribution in [0.15, 0.2) is 54.6 Å². The first-order valence-electron chi connectivity index (χ1n) is 7.89. The lowest BCUT2D eigenvalue weighted by Crippen LogP contribution is -2.44. The second-order valence-corrected chi connectivity index (χ2v) is 5.74. The van der Waals surface area contributed by atoms with Gasteiger partial charge >= 0.3 is 0 Å². The maximum absolute atomic E-state index is 11.8. The van der Waals surface area contributed by atoms with Crippen molar-refractivity contribution in [2.45, 2.75) is 26.2 Å². The second-order valence-electron chi connectivity index (χ2n) is 5.74. The molecule has 5 heteroatoms. The minimum Gasteiger partial charge on any atom is -0.483 e. The SMILES string of the molecule is CC(C)c1ccccc1OCC(=O)NNC(=O)Cc1ccccc1. The number of amides is 2. The van der Waals surface area contributed by atoms with Crippen LogP contribution in [0, 0.1) is 0 Å². The summed E-state index contributed by atoms with van der Waals surface area (Å²) in [5.41, 5.74) is 6.67. The average Bonchev–Trinajstić information content (AvgIpc) is 2.59. The van der Waals surface area contributed by atoms with Crippen LogP contribution in [0.4, 0.5) is 0 Å². The molecule has 2 rings (SSSR count). The molecule has 2 aromatic carbocycles. The quantitative estimate of drug-likeness (QED) is 0.802. The first kappa shape index (κ1) is 17.5. The molecule has 0 aromatic heterocycles. The number of hydrogen-bond donors (Lipinski definition) is 2. The van der Waals surface area contributed by atoms with E-state index in [0.717, 1.165) is 11.1 Å². The maximum atomic E-state index is 11.8. The van der Waals surface area contributed by atoms with Gasteiger partial charge in [-0.15, -0.1) is 0 Å². The van der Waals surface area contributed by atoms with Crippen LogP contribution in [-0.4, -0.2) is 18.4 Å². The number of para-hydroxylation sites is 1. The summed E-state index contributed by atoms with van der Waals surface area (Å²) in [6, 6.07) is 16.9. The van der Waals surface area contributed by atoms with Crippen molar-refractivity contribution in [1.29, 1.82) is 0 Å². The highest BCUT2D eigenvalue weighted by molar-refractivity contribution is 5.83. The fraction of sp³-hybridized carbons (Fsp3) is 0.263. The first-order valence-corrected chi connectivity index (χ1v) is 7.89. The van der Waals surface area contributed by atoms with Crippen LogP contribution in [0.3, 0.4) is 0 Å². The lowest BCUT2D eigenvalue weighted by molar-refractivity contribution is -0.129. The van der Waals surface area contributed by atoms with E-state index in [1.807, 2.05) is 54.6 Å². The number of ether oxygens (including phenoxy) is 1. The Bertz CT molecular complexity index is 684. The van der Waals surface area contributed by atoms with E-state index in [1.165, 1.54) is 0 Å². The van der Waals surface area contributed by atoms with Gasteiger partial charge in [0, 0.05) is 0 Å². The molecule has 0 aliphatic rings. The fourth-order valence-corrected chi connectivity index (χ4v) is 2.23. The lowest BCUT2D eigenvalue weighted by Gasteiger charge is -2.14. The zero-order valence-electron chi connectivity index (χ0n) is 13.9. The van der Waals surface area contributed by atoms with Gasteiger partial charge in [0.25, 0.3) is 5.91 Å². The standard InChI is InChI=1S/C19H22N2O3/c1-14(2)16-10-6-7-11-17(16)24-13-19(23)21-20-18(22)12-15-8-4-3-5-9-15/h3-11,14H,12-13H2,1-2H3,(H,20,22)(H,21,23). The molecular weight excluding hydrogens is 304 g/mol. The van der Waals surface area contributed by atoms with Crippen LogP contribution in [0.1, 0.15) is 30.9 Å². The molecule has 0 bridgehead atoms. The highest BCUT2D eigenvalue weighted by Gasteiger charge is 2.10. The van der Waals surface area contributed by atoms with Gasteiger partial charge in [-0.1, -0.05) is 62.4 Å². The number of carbonyl (C=O) groups excluding carboxylic acids is 2. The van der Waals surface area contributed by atoms with Gasteiger partial charge < -0.3 is 4.74 Å². The van der Waals surface area contributed by atoms with Gasteiger partial charge in [-0.05, 0) is 23.1 Å². The largest absolute Gasteiger partial charge is 0.483 e. The van der Waals surface area contributed by atoms with Gasteiger partial charge in [0.05, 0.1) is 6.42 Å². The Balaban J connectivity index is 1.77. The number of benzene rings is 2. The number of nitrogens with one attached hydrogen (secondary N) is 2. The lowest BCUT2D eigenvalue weighted by atomic mass is 10.0. The molecule has 0 unspecified atom stereocenters. The first-order chi connectivity index (χ1) is 11.6. The molecule has 0 saturated carbocycles. The Hall–Kier alpha value is -2.82. The third-order valence-corrected chi connectivity index (χ3v) is 3.45. The summed E-state index contributed by atoms with van der Waals surface area (Å²) in [4.78, 5) is 23.6. The molecule has 5 nitrogen and oxygen atoms in total. The van der Waals surface area contributed by atoms with Crippen molar-refractivity contribution >= 4 is 11.8 Å². The van der Waals surface area contributed by atoms with Crippen molar-refractivity contribution < 1.29 is 14.3 Å². The van der Waals surface area contributed by atoms with E-state index >= 15 is 0 Å². The van der Waals surface area contributed by atoms with Crippen molar-refractivity contribution in [1.82, 2.24) is 10.9 Å². The van der Waals surface area contributed by atoms with E-state index in [-0.39, 0.29) is 18.9 Å². The third kappa shape index (κ3) is 5.43. The number of carbonyl (C=O) groups is 2. The van der Waals surface area contributed by atoms with Crippen molar-refractivity contribution in [2.24, 2.45) is 0 Å². The van der Waals surface area contributed by atoms with E-state index in [4.69, 9.17) is 4.74 Å². The highest BCUT2D eigenvalue weighted by Crippen LogP contribution is 2.25.